The molecule has 1 heterocycles. The quantitative estimate of drug-likeness (QED) is 0.358. The Labute approximate surface area is 236 Å². The minimum atomic E-state index is -0.982. The lowest BCUT2D eigenvalue weighted by Gasteiger charge is -2.58. The third-order valence-electron chi connectivity index (χ3n) is 10.5. The molecule has 212 valence electrons. The Hall–Kier alpha value is -3.50. The van der Waals surface area contributed by atoms with E-state index < -0.39 is 11.6 Å². The van der Waals surface area contributed by atoms with Crippen LogP contribution in [-0.2, 0) is 11.2 Å². The fraction of sp³-hybridized carbons (Fsp3) is 0.515. The van der Waals surface area contributed by atoms with E-state index >= 15 is 0 Å². The third kappa shape index (κ3) is 4.53. The van der Waals surface area contributed by atoms with Crippen molar-refractivity contribution in [2.75, 3.05) is 14.2 Å². The molecule has 3 fully saturated rings. The van der Waals surface area contributed by atoms with Gasteiger partial charge in [0, 0.05) is 17.1 Å². The van der Waals surface area contributed by atoms with Crippen molar-refractivity contribution in [1.82, 2.24) is 5.16 Å². The van der Waals surface area contributed by atoms with Crippen LogP contribution >= 0.6 is 0 Å². The van der Waals surface area contributed by atoms with Crippen molar-refractivity contribution in [1.29, 1.82) is 0 Å². The van der Waals surface area contributed by atoms with Crippen LogP contribution in [0.3, 0.4) is 0 Å². The van der Waals surface area contributed by atoms with E-state index in [9.17, 15) is 9.90 Å². The van der Waals surface area contributed by atoms with E-state index in [1.54, 1.807) is 30.9 Å². The second kappa shape index (κ2) is 10.5. The number of aliphatic hydroxyl groups is 1. The zero-order valence-electron chi connectivity index (χ0n) is 23.8. The highest BCUT2D eigenvalue weighted by Crippen LogP contribution is 2.67. The van der Waals surface area contributed by atoms with E-state index in [0.29, 0.717) is 29.3 Å². The van der Waals surface area contributed by atoms with Gasteiger partial charge >= 0.3 is 5.97 Å². The molecule has 0 aliphatic heterocycles. The molecule has 0 amide bonds. The van der Waals surface area contributed by atoms with E-state index in [1.807, 2.05) is 6.20 Å². The molecule has 40 heavy (non-hydrogen) atoms. The molecule has 6 atom stereocenters. The van der Waals surface area contributed by atoms with Gasteiger partial charge in [-0.1, -0.05) is 36.6 Å². The highest BCUT2D eigenvalue weighted by atomic mass is 16.5. The Balaban J connectivity index is 0.000000186. The Kier molecular flexibility index (Phi) is 7.35. The summed E-state index contributed by atoms with van der Waals surface area (Å²) in [4.78, 5) is 10.3. The fourth-order valence-corrected chi connectivity index (χ4v) is 8.26. The number of ether oxygens (including phenoxy) is 2. The van der Waals surface area contributed by atoms with Crippen LogP contribution in [0.5, 0.6) is 11.5 Å². The number of carboxylic acids is 1. The van der Waals surface area contributed by atoms with Crippen molar-refractivity contribution in [3.05, 3.63) is 52.9 Å². The number of hydrogen-bond acceptors (Lipinski definition) is 6. The third-order valence-corrected chi connectivity index (χ3v) is 10.5. The lowest BCUT2D eigenvalue weighted by atomic mass is 9.46. The number of allylic oxidation sites excluding steroid dienone is 1. The summed E-state index contributed by atoms with van der Waals surface area (Å²) in [6, 6.07) is 5.18. The standard InChI is InChI=1S/C22H27NO2.C11H12O4/c1-4-22(24)10-8-18-16-6-5-15-11-19-14(13-23-25-19)12-20(15,2)17(16)7-9-21(18,22)3;1-14-9-5-3-8(4-6-11(12)13)7-10(9)15-2/h1,11,13,16-18,24H,5-10,12H2,2-3H3;3-7H,1-2H3,(H,12,13). The summed E-state index contributed by atoms with van der Waals surface area (Å²) in [6.07, 6.45) is 19.9. The Bertz CT molecular complexity index is 1380. The number of methoxy groups -OCH3 is 2. The number of aromatic nitrogens is 1. The first-order chi connectivity index (χ1) is 19.1. The van der Waals surface area contributed by atoms with Crippen molar-refractivity contribution < 1.29 is 29.0 Å². The second-order valence-electron chi connectivity index (χ2n) is 12.2. The molecule has 6 unspecified atom stereocenters. The largest absolute Gasteiger partial charge is 0.493 e. The molecule has 0 radical (unpaired) electrons. The lowest BCUT2D eigenvalue weighted by molar-refractivity contribution is -0.131. The van der Waals surface area contributed by atoms with Crippen LogP contribution in [0, 0.1) is 40.9 Å². The van der Waals surface area contributed by atoms with Gasteiger partial charge in [0.15, 0.2) is 17.3 Å². The van der Waals surface area contributed by atoms with E-state index in [2.05, 4.69) is 31.0 Å². The summed E-state index contributed by atoms with van der Waals surface area (Å²) >= 11 is 0. The SMILES string of the molecule is C#CC1(O)CCC2C3CCC4=Cc5oncc5CC4(C)C3CCC21C.COc1ccc(C=CC(=O)O)cc1OC. The first kappa shape index (κ1) is 28.0. The van der Waals surface area contributed by atoms with Crippen molar-refractivity contribution in [2.24, 2.45) is 28.6 Å². The molecule has 7 heteroatoms. The summed E-state index contributed by atoms with van der Waals surface area (Å²) in [5, 5.41) is 23.6. The monoisotopic (exact) mass is 545 g/mol. The second-order valence-corrected chi connectivity index (χ2v) is 12.2. The molecule has 0 spiro atoms. The number of aliphatic carboxylic acids is 1. The van der Waals surface area contributed by atoms with Crippen molar-refractivity contribution in [3.63, 3.8) is 0 Å². The zero-order valence-corrected chi connectivity index (χ0v) is 23.8. The molecule has 0 bridgehead atoms. The molecule has 1 aromatic heterocycles. The van der Waals surface area contributed by atoms with E-state index in [-0.39, 0.29) is 10.8 Å². The van der Waals surface area contributed by atoms with E-state index in [4.69, 9.17) is 25.5 Å². The van der Waals surface area contributed by atoms with Gasteiger partial charge < -0.3 is 24.2 Å². The first-order valence-corrected chi connectivity index (χ1v) is 14.1. The number of benzene rings is 1. The van der Waals surface area contributed by atoms with Crippen LogP contribution in [0.4, 0.5) is 0 Å². The highest BCUT2D eigenvalue weighted by Gasteiger charge is 2.63. The van der Waals surface area contributed by atoms with Gasteiger partial charge in [-0.2, -0.15) is 0 Å². The Morgan fingerprint density at radius 2 is 1.90 bits per heavy atom. The number of carbonyl (C=O) groups is 1. The fourth-order valence-electron chi connectivity index (χ4n) is 8.26. The molecule has 0 saturated heterocycles. The molecule has 2 aromatic rings. The van der Waals surface area contributed by atoms with Crippen molar-refractivity contribution in [2.45, 2.75) is 64.4 Å². The summed E-state index contributed by atoms with van der Waals surface area (Å²) in [5.41, 5.74) is 2.74. The van der Waals surface area contributed by atoms with E-state index in [0.717, 1.165) is 55.9 Å². The average molecular weight is 546 g/mol. The molecule has 2 N–H and O–H groups in total. The Morgan fingerprint density at radius 3 is 2.60 bits per heavy atom. The Morgan fingerprint density at radius 1 is 1.15 bits per heavy atom. The predicted octanol–water partition coefficient (Wildman–Crippen LogP) is 6.02. The summed E-state index contributed by atoms with van der Waals surface area (Å²) in [7, 11) is 3.08. The minimum absolute atomic E-state index is 0.114. The normalized spacial score (nSPS) is 33.7. The maximum Gasteiger partial charge on any atom is 0.328 e. The number of rotatable bonds is 4. The zero-order chi connectivity index (χ0) is 28.7. The minimum Gasteiger partial charge on any atom is -0.493 e. The highest BCUT2D eigenvalue weighted by molar-refractivity contribution is 5.85. The van der Waals surface area contributed by atoms with Gasteiger partial charge in [-0.15, -0.1) is 6.42 Å². The van der Waals surface area contributed by atoms with Crippen LogP contribution in [0.15, 0.2) is 40.6 Å². The molecule has 6 rings (SSSR count). The van der Waals surface area contributed by atoms with Crippen LogP contribution in [0.2, 0.25) is 0 Å². The molecule has 7 nitrogen and oxygen atoms in total. The topological polar surface area (TPSA) is 102 Å². The first-order valence-electron chi connectivity index (χ1n) is 14.1. The number of fused-ring (bicyclic) bond motifs is 6. The lowest BCUT2D eigenvalue weighted by Crippen LogP contribution is -2.54. The van der Waals surface area contributed by atoms with Gasteiger partial charge in [0.05, 0.1) is 20.4 Å². The molecular formula is C33H39NO6. The molecular weight excluding hydrogens is 506 g/mol. The van der Waals surface area contributed by atoms with Gasteiger partial charge in [0.25, 0.3) is 0 Å². The van der Waals surface area contributed by atoms with Crippen molar-refractivity contribution >= 4 is 18.1 Å². The van der Waals surface area contributed by atoms with Crippen molar-refractivity contribution in [3.8, 4) is 23.8 Å². The molecule has 4 aliphatic rings. The number of nitrogens with zero attached hydrogens (tertiary/aromatic N) is 1. The van der Waals surface area contributed by atoms with Gasteiger partial charge in [-0.25, -0.2) is 4.79 Å². The van der Waals surface area contributed by atoms with E-state index in [1.165, 1.54) is 25.2 Å². The van der Waals surface area contributed by atoms with Crippen LogP contribution in [0.25, 0.3) is 12.2 Å². The van der Waals surface area contributed by atoms with Gasteiger partial charge in [0.2, 0.25) is 0 Å². The molecule has 4 aliphatic carbocycles. The summed E-state index contributed by atoms with van der Waals surface area (Å²) in [5.74, 6) is 5.85. The maximum absolute atomic E-state index is 11.1. The number of carboxylic acid groups (broad SMARTS) is 1. The smallest absolute Gasteiger partial charge is 0.328 e. The molecule has 3 saturated carbocycles. The van der Waals surface area contributed by atoms with Crippen LogP contribution in [-0.4, -0.2) is 41.2 Å². The summed E-state index contributed by atoms with van der Waals surface area (Å²) in [6.45, 7) is 4.71. The maximum atomic E-state index is 11.1. The molecule has 1 aromatic carbocycles. The average Bonchev–Trinajstić information content (AvgIpc) is 3.51. The van der Waals surface area contributed by atoms with Gasteiger partial charge in [-0.3, -0.25) is 0 Å². The predicted molar refractivity (Wildman–Crippen MR) is 153 cm³/mol. The van der Waals surface area contributed by atoms with Crippen LogP contribution < -0.4 is 9.47 Å². The number of terminal acetylenes is 1. The van der Waals surface area contributed by atoms with Gasteiger partial charge in [0.1, 0.15) is 5.60 Å². The number of hydrogen-bond donors (Lipinski definition) is 2. The summed E-state index contributed by atoms with van der Waals surface area (Å²) < 4.78 is 15.6. The van der Waals surface area contributed by atoms with Gasteiger partial charge in [-0.05, 0) is 98.0 Å². The van der Waals surface area contributed by atoms with Crippen LogP contribution in [0.1, 0.15) is 69.3 Å².